The summed E-state index contributed by atoms with van der Waals surface area (Å²) in [7, 11) is 0. The molecular weight excluding hydrogens is 276 g/mol. The van der Waals surface area contributed by atoms with Crippen molar-refractivity contribution in [3.05, 3.63) is 65.2 Å². The molecule has 0 aromatic heterocycles. The summed E-state index contributed by atoms with van der Waals surface area (Å²) in [5, 5.41) is 2.55. The Bertz CT molecular complexity index is 644. The Balaban J connectivity index is 2.04. The van der Waals surface area contributed by atoms with E-state index in [2.05, 4.69) is 5.32 Å². The number of hydrogen-bond acceptors (Lipinski definition) is 2. The number of rotatable bonds is 5. The van der Waals surface area contributed by atoms with Gasteiger partial charge in [0.05, 0.1) is 6.61 Å². The molecule has 1 N–H and O–H groups in total. The van der Waals surface area contributed by atoms with Gasteiger partial charge in [-0.15, -0.1) is 0 Å². The van der Waals surface area contributed by atoms with Crippen LogP contribution in [0.4, 0.5) is 8.78 Å². The minimum Gasteiger partial charge on any atom is -0.491 e. The first-order chi connectivity index (χ1) is 10.1. The SMILES string of the molecule is CCOc1ccc(C(=O)NCc2ccccc2F)cc1F. The Morgan fingerprint density at radius 3 is 2.57 bits per heavy atom. The third-order valence-corrected chi connectivity index (χ3v) is 2.89. The van der Waals surface area contributed by atoms with Crippen LogP contribution in [-0.2, 0) is 6.54 Å². The van der Waals surface area contributed by atoms with Gasteiger partial charge in [0.25, 0.3) is 5.91 Å². The molecule has 0 bridgehead atoms. The molecule has 0 aliphatic heterocycles. The molecule has 2 aromatic carbocycles. The fraction of sp³-hybridized carbons (Fsp3) is 0.188. The van der Waals surface area contributed by atoms with Crippen LogP contribution in [0.25, 0.3) is 0 Å². The van der Waals surface area contributed by atoms with Crippen LogP contribution >= 0.6 is 0 Å². The summed E-state index contributed by atoms with van der Waals surface area (Å²) in [6.07, 6.45) is 0. The second-order valence-corrected chi connectivity index (χ2v) is 4.35. The lowest BCUT2D eigenvalue weighted by Crippen LogP contribution is -2.23. The van der Waals surface area contributed by atoms with Crippen molar-refractivity contribution in [2.45, 2.75) is 13.5 Å². The van der Waals surface area contributed by atoms with Gasteiger partial charge in [0.1, 0.15) is 5.82 Å². The van der Waals surface area contributed by atoms with E-state index in [1.807, 2.05) is 0 Å². The Kier molecular flexibility index (Phi) is 4.87. The molecule has 21 heavy (non-hydrogen) atoms. The highest BCUT2D eigenvalue weighted by Gasteiger charge is 2.11. The molecule has 0 aliphatic rings. The largest absolute Gasteiger partial charge is 0.491 e. The molecule has 110 valence electrons. The van der Waals surface area contributed by atoms with E-state index in [-0.39, 0.29) is 17.9 Å². The quantitative estimate of drug-likeness (QED) is 0.918. The highest BCUT2D eigenvalue weighted by Crippen LogP contribution is 2.18. The Morgan fingerprint density at radius 2 is 1.90 bits per heavy atom. The maximum Gasteiger partial charge on any atom is 0.251 e. The van der Waals surface area contributed by atoms with Crippen molar-refractivity contribution in [2.75, 3.05) is 6.61 Å². The molecule has 2 aromatic rings. The lowest BCUT2D eigenvalue weighted by atomic mass is 10.1. The lowest BCUT2D eigenvalue weighted by molar-refractivity contribution is 0.0950. The van der Waals surface area contributed by atoms with Crippen molar-refractivity contribution < 1.29 is 18.3 Å². The Labute approximate surface area is 121 Å². The van der Waals surface area contributed by atoms with Crippen LogP contribution in [0.2, 0.25) is 0 Å². The fourth-order valence-corrected chi connectivity index (χ4v) is 1.83. The van der Waals surface area contributed by atoms with Crippen LogP contribution in [0.5, 0.6) is 5.75 Å². The highest BCUT2D eigenvalue weighted by molar-refractivity contribution is 5.94. The smallest absolute Gasteiger partial charge is 0.251 e. The summed E-state index contributed by atoms with van der Waals surface area (Å²) < 4.78 is 32.1. The zero-order chi connectivity index (χ0) is 15.2. The first-order valence-electron chi connectivity index (χ1n) is 6.55. The van der Waals surface area contributed by atoms with Crippen LogP contribution in [0, 0.1) is 11.6 Å². The molecule has 0 heterocycles. The number of carbonyl (C=O) groups excluding carboxylic acids is 1. The minimum atomic E-state index is -0.601. The average molecular weight is 291 g/mol. The van der Waals surface area contributed by atoms with Crippen LogP contribution in [0.3, 0.4) is 0 Å². The first kappa shape index (κ1) is 15.0. The number of amides is 1. The van der Waals surface area contributed by atoms with E-state index in [9.17, 15) is 13.6 Å². The predicted molar refractivity (Wildman–Crippen MR) is 75.1 cm³/mol. The number of benzene rings is 2. The second-order valence-electron chi connectivity index (χ2n) is 4.35. The summed E-state index contributed by atoms with van der Waals surface area (Å²) >= 11 is 0. The molecule has 0 radical (unpaired) electrons. The Hall–Kier alpha value is -2.43. The molecular formula is C16H15F2NO2. The Morgan fingerprint density at radius 1 is 1.14 bits per heavy atom. The van der Waals surface area contributed by atoms with Gasteiger partial charge >= 0.3 is 0 Å². The fourth-order valence-electron chi connectivity index (χ4n) is 1.83. The minimum absolute atomic E-state index is 0.0420. The molecule has 2 rings (SSSR count). The second kappa shape index (κ2) is 6.83. The standard InChI is InChI=1S/C16H15F2NO2/c1-2-21-15-8-7-11(9-14(15)18)16(20)19-10-12-5-3-4-6-13(12)17/h3-9H,2,10H2,1H3,(H,19,20). The van der Waals surface area contributed by atoms with Gasteiger partial charge in [-0.2, -0.15) is 0 Å². The maximum atomic E-state index is 13.7. The lowest BCUT2D eigenvalue weighted by Gasteiger charge is -2.08. The predicted octanol–water partition coefficient (Wildman–Crippen LogP) is 3.29. The van der Waals surface area contributed by atoms with Gasteiger partial charge in [0.15, 0.2) is 11.6 Å². The van der Waals surface area contributed by atoms with E-state index in [4.69, 9.17) is 4.74 Å². The van der Waals surface area contributed by atoms with Crippen LogP contribution < -0.4 is 10.1 Å². The monoisotopic (exact) mass is 291 g/mol. The summed E-state index contributed by atoms with van der Waals surface area (Å²) in [6.45, 7) is 2.13. The van der Waals surface area contributed by atoms with Gasteiger partial charge in [0.2, 0.25) is 0 Å². The molecule has 0 unspecified atom stereocenters. The van der Waals surface area contributed by atoms with E-state index in [0.29, 0.717) is 12.2 Å². The maximum absolute atomic E-state index is 13.7. The van der Waals surface area contributed by atoms with Gasteiger partial charge in [0, 0.05) is 17.7 Å². The van der Waals surface area contributed by atoms with Gasteiger partial charge in [-0.3, -0.25) is 4.79 Å². The van der Waals surface area contributed by atoms with Crippen LogP contribution in [0.1, 0.15) is 22.8 Å². The molecule has 5 heteroatoms. The first-order valence-corrected chi connectivity index (χ1v) is 6.55. The number of halogens is 2. The zero-order valence-corrected chi connectivity index (χ0v) is 11.5. The van der Waals surface area contributed by atoms with Crippen molar-refractivity contribution in [1.29, 1.82) is 0 Å². The van der Waals surface area contributed by atoms with Crippen molar-refractivity contribution in [2.24, 2.45) is 0 Å². The topological polar surface area (TPSA) is 38.3 Å². The number of hydrogen-bond donors (Lipinski definition) is 1. The molecule has 0 spiro atoms. The van der Waals surface area contributed by atoms with Crippen molar-refractivity contribution in [3.8, 4) is 5.75 Å². The zero-order valence-electron chi connectivity index (χ0n) is 11.5. The normalized spacial score (nSPS) is 10.2. The molecule has 0 atom stereocenters. The molecule has 0 fully saturated rings. The van der Waals surface area contributed by atoms with Crippen molar-refractivity contribution in [1.82, 2.24) is 5.32 Å². The highest BCUT2D eigenvalue weighted by atomic mass is 19.1. The summed E-state index contributed by atoms with van der Waals surface area (Å²) in [5.74, 6) is -1.37. The molecule has 3 nitrogen and oxygen atoms in total. The van der Waals surface area contributed by atoms with Crippen molar-refractivity contribution >= 4 is 5.91 Å². The summed E-state index contributed by atoms with van der Waals surface area (Å²) in [4.78, 5) is 11.9. The number of carbonyl (C=O) groups is 1. The van der Waals surface area contributed by atoms with Crippen LogP contribution in [0.15, 0.2) is 42.5 Å². The summed E-state index contributed by atoms with van der Waals surface area (Å²) in [6, 6.07) is 10.1. The average Bonchev–Trinajstić information content (AvgIpc) is 2.48. The van der Waals surface area contributed by atoms with Gasteiger partial charge in [-0.1, -0.05) is 18.2 Å². The molecule has 0 saturated heterocycles. The van der Waals surface area contributed by atoms with E-state index >= 15 is 0 Å². The number of ether oxygens (including phenoxy) is 1. The van der Waals surface area contributed by atoms with E-state index in [0.717, 1.165) is 6.07 Å². The van der Waals surface area contributed by atoms with E-state index < -0.39 is 17.5 Å². The van der Waals surface area contributed by atoms with E-state index in [1.165, 1.54) is 18.2 Å². The van der Waals surface area contributed by atoms with Gasteiger partial charge in [-0.25, -0.2) is 8.78 Å². The van der Waals surface area contributed by atoms with Gasteiger partial charge < -0.3 is 10.1 Å². The summed E-state index contributed by atoms with van der Waals surface area (Å²) in [5.41, 5.74) is 0.532. The number of nitrogens with one attached hydrogen (secondary N) is 1. The van der Waals surface area contributed by atoms with Gasteiger partial charge in [-0.05, 0) is 31.2 Å². The molecule has 0 aliphatic carbocycles. The third kappa shape index (κ3) is 3.78. The van der Waals surface area contributed by atoms with Crippen molar-refractivity contribution in [3.63, 3.8) is 0 Å². The molecule has 0 saturated carbocycles. The van der Waals surface area contributed by atoms with E-state index in [1.54, 1.807) is 25.1 Å². The molecule has 1 amide bonds. The third-order valence-electron chi connectivity index (χ3n) is 2.89. The van der Waals surface area contributed by atoms with Crippen LogP contribution in [-0.4, -0.2) is 12.5 Å².